The van der Waals surface area contributed by atoms with Crippen LogP contribution in [0.1, 0.15) is 13.8 Å². The minimum absolute atomic E-state index is 0.118. The molecule has 6 nitrogen and oxygen atoms in total. The number of nitrogens with zero attached hydrogens (tertiary/aromatic N) is 3. The summed E-state index contributed by atoms with van der Waals surface area (Å²) in [5.74, 6) is -0.413. The van der Waals surface area contributed by atoms with Crippen LogP contribution in [0.25, 0.3) is 0 Å². The zero-order valence-electron chi connectivity index (χ0n) is 15.2. The van der Waals surface area contributed by atoms with Gasteiger partial charge in [-0.3, -0.25) is 19.4 Å². The second-order valence-corrected chi connectivity index (χ2v) is 6.71. The van der Waals surface area contributed by atoms with Gasteiger partial charge in [0.2, 0.25) is 11.8 Å². The van der Waals surface area contributed by atoms with Crippen LogP contribution in [0, 0.1) is 5.82 Å². The number of hydrogen-bond acceptors (Lipinski definition) is 4. The number of piperazine rings is 1. The molecular formula is C18H27FN4O2. The van der Waals surface area contributed by atoms with Crippen molar-refractivity contribution >= 4 is 17.5 Å². The molecule has 0 unspecified atom stereocenters. The third-order valence-electron chi connectivity index (χ3n) is 4.47. The molecule has 2 amide bonds. The fourth-order valence-corrected chi connectivity index (χ4v) is 2.67. The van der Waals surface area contributed by atoms with Gasteiger partial charge in [-0.05, 0) is 32.0 Å². The lowest BCUT2D eigenvalue weighted by molar-refractivity contribution is -0.133. The van der Waals surface area contributed by atoms with Gasteiger partial charge in [-0.1, -0.05) is 6.07 Å². The van der Waals surface area contributed by atoms with Crippen molar-refractivity contribution in [1.29, 1.82) is 0 Å². The van der Waals surface area contributed by atoms with Crippen LogP contribution in [0.2, 0.25) is 0 Å². The Bertz CT molecular complexity index is 600. The van der Waals surface area contributed by atoms with Gasteiger partial charge in [-0.25, -0.2) is 4.39 Å². The second kappa shape index (κ2) is 8.92. The largest absolute Gasteiger partial charge is 0.342 e. The summed E-state index contributed by atoms with van der Waals surface area (Å²) in [6.45, 7) is 7.64. The summed E-state index contributed by atoms with van der Waals surface area (Å²) < 4.78 is 13.1. The Kier molecular flexibility index (Phi) is 6.90. The molecule has 1 aliphatic rings. The number of rotatable bonds is 6. The molecule has 1 aliphatic heterocycles. The van der Waals surface area contributed by atoms with Gasteiger partial charge in [-0.2, -0.15) is 0 Å². The fourth-order valence-electron chi connectivity index (χ4n) is 2.67. The second-order valence-electron chi connectivity index (χ2n) is 6.71. The highest BCUT2D eigenvalue weighted by Gasteiger charge is 2.22. The molecule has 2 rings (SSSR count). The van der Waals surface area contributed by atoms with E-state index in [4.69, 9.17) is 0 Å². The summed E-state index contributed by atoms with van der Waals surface area (Å²) in [5.41, 5.74) is 0.464. The highest BCUT2D eigenvalue weighted by Crippen LogP contribution is 2.09. The van der Waals surface area contributed by atoms with E-state index in [0.717, 1.165) is 26.2 Å². The number of likely N-dealkylation sites (N-methyl/N-ethyl adjacent to an activating group) is 1. The minimum atomic E-state index is -0.373. The number of benzene rings is 1. The SMILES string of the molecule is CC(C)N(C)C(=O)CN1CCN(CC(=O)Nc2cccc(F)c2)CC1. The average Bonchev–Trinajstić information content (AvgIpc) is 2.55. The third kappa shape index (κ3) is 6.10. The molecule has 1 fully saturated rings. The minimum Gasteiger partial charge on any atom is -0.342 e. The van der Waals surface area contributed by atoms with Crippen molar-refractivity contribution in [3.63, 3.8) is 0 Å². The number of halogens is 1. The Morgan fingerprint density at radius 3 is 2.32 bits per heavy atom. The molecule has 1 N–H and O–H groups in total. The van der Waals surface area contributed by atoms with Gasteiger partial charge in [0, 0.05) is 45.0 Å². The molecule has 0 spiro atoms. The van der Waals surface area contributed by atoms with Gasteiger partial charge in [0.05, 0.1) is 13.1 Å². The average molecular weight is 350 g/mol. The van der Waals surface area contributed by atoms with E-state index in [9.17, 15) is 14.0 Å². The molecular weight excluding hydrogens is 323 g/mol. The summed E-state index contributed by atoms with van der Waals surface area (Å²) in [5, 5.41) is 2.71. The van der Waals surface area contributed by atoms with Crippen molar-refractivity contribution in [2.24, 2.45) is 0 Å². The summed E-state index contributed by atoms with van der Waals surface area (Å²) >= 11 is 0. The normalized spacial score (nSPS) is 16.0. The molecule has 0 saturated carbocycles. The summed E-state index contributed by atoms with van der Waals surface area (Å²) in [7, 11) is 1.82. The van der Waals surface area contributed by atoms with Gasteiger partial charge >= 0.3 is 0 Å². The molecule has 1 aromatic carbocycles. The van der Waals surface area contributed by atoms with Gasteiger partial charge in [0.25, 0.3) is 0 Å². The molecule has 1 saturated heterocycles. The first kappa shape index (κ1) is 19.3. The highest BCUT2D eigenvalue weighted by atomic mass is 19.1. The van der Waals surface area contributed by atoms with Crippen LogP contribution in [0.4, 0.5) is 10.1 Å². The van der Waals surface area contributed by atoms with E-state index < -0.39 is 0 Å². The van der Waals surface area contributed by atoms with Gasteiger partial charge in [0.15, 0.2) is 0 Å². The van der Waals surface area contributed by atoms with Gasteiger partial charge in [-0.15, -0.1) is 0 Å². The first-order chi connectivity index (χ1) is 11.8. The molecule has 25 heavy (non-hydrogen) atoms. The van der Waals surface area contributed by atoms with Crippen LogP contribution in [0.3, 0.4) is 0 Å². The number of nitrogens with one attached hydrogen (secondary N) is 1. The maximum absolute atomic E-state index is 13.1. The summed E-state index contributed by atoms with van der Waals surface area (Å²) in [6.07, 6.45) is 0. The standard InChI is InChI=1S/C18H27FN4O2/c1-14(2)21(3)18(25)13-23-9-7-22(8-10-23)12-17(24)20-16-6-4-5-15(19)11-16/h4-6,11,14H,7-10,12-13H2,1-3H3,(H,20,24). The number of carbonyl (C=O) groups excluding carboxylic acids is 2. The Morgan fingerprint density at radius 1 is 1.16 bits per heavy atom. The molecule has 138 valence electrons. The zero-order chi connectivity index (χ0) is 18.4. The van der Waals surface area contributed by atoms with Crippen LogP contribution in [0.15, 0.2) is 24.3 Å². The molecule has 0 radical (unpaired) electrons. The first-order valence-electron chi connectivity index (χ1n) is 8.61. The Morgan fingerprint density at radius 2 is 1.76 bits per heavy atom. The van der Waals surface area contributed by atoms with E-state index >= 15 is 0 Å². The number of amides is 2. The Labute approximate surface area is 148 Å². The lowest BCUT2D eigenvalue weighted by Crippen LogP contribution is -2.51. The van der Waals surface area contributed by atoms with Crippen LogP contribution in [-0.2, 0) is 9.59 Å². The van der Waals surface area contributed by atoms with Crippen molar-refractivity contribution in [3.8, 4) is 0 Å². The van der Waals surface area contributed by atoms with E-state index in [1.807, 2.05) is 25.8 Å². The maximum atomic E-state index is 13.1. The van der Waals surface area contributed by atoms with Crippen molar-refractivity contribution in [2.75, 3.05) is 51.6 Å². The van der Waals surface area contributed by atoms with Gasteiger partial charge < -0.3 is 10.2 Å². The molecule has 7 heteroatoms. The predicted octanol–water partition coefficient (Wildman–Crippen LogP) is 1.25. The van der Waals surface area contributed by atoms with Gasteiger partial charge in [0.1, 0.15) is 5.82 Å². The van der Waals surface area contributed by atoms with E-state index in [1.165, 1.54) is 12.1 Å². The molecule has 1 heterocycles. The molecule has 0 bridgehead atoms. The van der Waals surface area contributed by atoms with E-state index in [1.54, 1.807) is 17.0 Å². The maximum Gasteiger partial charge on any atom is 0.238 e. The zero-order valence-corrected chi connectivity index (χ0v) is 15.2. The third-order valence-corrected chi connectivity index (χ3v) is 4.47. The molecule has 0 aliphatic carbocycles. The monoisotopic (exact) mass is 350 g/mol. The molecule has 0 atom stereocenters. The van der Waals surface area contributed by atoms with Crippen molar-refractivity contribution < 1.29 is 14.0 Å². The summed E-state index contributed by atoms with van der Waals surface area (Å²) in [4.78, 5) is 30.1. The Hall–Kier alpha value is -1.99. The predicted molar refractivity (Wildman–Crippen MR) is 95.8 cm³/mol. The van der Waals surface area contributed by atoms with Crippen LogP contribution < -0.4 is 5.32 Å². The number of anilines is 1. The summed E-state index contributed by atoms with van der Waals surface area (Å²) in [6, 6.07) is 6.06. The van der Waals surface area contributed by atoms with E-state index in [-0.39, 0.29) is 30.2 Å². The smallest absolute Gasteiger partial charge is 0.238 e. The lowest BCUT2D eigenvalue weighted by Gasteiger charge is -2.35. The van der Waals surface area contributed by atoms with Crippen LogP contribution in [0.5, 0.6) is 0 Å². The number of carbonyl (C=O) groups is 2. The van der Waals surface area contributed by atoms with Crippen LogP contribution >= 0.6 is 0 Å². The quantitative estimate of drug-likeness (QED) is 0.839. The topological polar surface area (TPSA) is 55.9 Å². The van der Waals surface area contributed by atoms with Crippen molar-refractivity contribution in [3.05, 3.63) is 30.1 Å². The highest BCUT2D eigenvalue weighted by molar-refractivity contribution is 5.92. The number of hydrogen-bond donors (Lipinski definition) is 1. The first-order valence-corrected chi connectivity index (χ1v) is 8.61. The van der Waals surface area contributed by atoms with E-state index in [2.05, 4.69) is 10.2 Å². The molecule has 1 aromatic rings. The Balaban J connectivity index is 1.73. The van der Waals surface area contributed by atoms with Crippen molar-refractivity contribution in [2.45, 2.75) is 19.9 Å². The fraction of sp³-hybridized carbons (Fsp3) is 0.556. The molecule has 0 aromatic heterocycles. The lowest BCUT2D eigenvalue weighted by atomic mass is 10.2. The van der Waals surface area contributed by atoms with Crippen LogP contribution in [-0.4, -0.2) is 78.9 Å². The van der Waals surface area contributed by atoms with E-state index in [0.29, 0.717) is 12.2 Å². The van der Waals surface area contributed by atoms with Crippen molar-refractivity contribution in [1.82, 2.24) is 14.7 Å².